The van der Waals surface area contributed by atoms with E-state index in [1.165, 1.54) is 56.9 Å². The number of allylic oxidation sites excluding steroid dienone is 1. The van der Waals surface area contributed by atoms with Crippen LogP contribution in [0.1, 0.15) is 122 Å². The maximum Gasteiger partial charge on any atom is 0.351 e. The lowest BCUT2D eigenvalue weighted by atomic mass is 9.41. The Balaban J connectivity index is 1.15. The summed E-state index contributed by atoms with van der Waals surface area (Å²) in [7, 11) is 0. The zero-order valence-corrected chi connectivity index (χ0v) is 26.0. The summed E-state index contributed by atoms with van der Waals surface area (Å²) in [6.45, 7) is 12.5. The third kappa shape index (κ3) is 4.91. The van der Waals surface area contributed by atoms with Gasteiger partial charge in [-0.05, 0) is 103 Å². The smallest absolute Gasteiger partial charge is 0.351 e. The van der Waals surface area contributed by atoms with Gasteiger partial charge in [-0.1, -0.05) is 83.7 Å². The van der Waals surface area contributed by atoms with Crippen LogP contribution in [-0.2, 0) is 4.74 Å². The minimum absolute atomic E-state index is 0.00575. The van der Waals surface area contributed by atoms with Crippen molar-refractivity contribution in [2.45, 2.75) is 118 Å². The Bertz CT molecular complexity index is 1380. The summed E-state index contributed by atoms with van der Waals surface area (Å²) in [4.78, 5) is 25.7. The number of para-hydroxylation sites is 1. The van der Waals surface area contributed by atoms with Crippen molar-refractivity contribution >= 4 is 16.9 Å². The standard InChI is InChI=1S/C37H50O4/c1-24(2)10-6-8-12-26-14-15-31-35(26,3)21-18-32-36(4)20-17-28(23-27(36)16-19-37(31,32)5)40-33(38)29-22-25-11-7-9-13-30(25)41-34(29)39/h7,9,11,13,16,22,24,26,28,31-32H,6,8,10,12,14-15,17-21,23H2,1-5H3/t26-,28-,31+,32+,35+,36-,37-/m0/s1. The first-order chi connectivity index (χ1) is 19.5. The largest absolute Gasteiger partial charge is 0.458 e. The molecule has 0 saturated heterocycles. The van der Waals surface area contributed by atoms with Gasteiger partial charge in [0, 0.05) is 11.8 Å². The Labute approximate surface area is 246 Å². The van der Waals surface area contributed by atoms with Crippen molar-refractivity contribution in [2.75, 3.05) is 0 Å². The van der Waals surface area contributed by atoms with E-state index in [2.05, 4.69) is 40.7 Å². The molecule has 0 N–H and O–H groups in total. The summed E-state index contributed by atoms with van der Waals surface area (Å²) >= 11 is 0. The zero-order chi connectivity index (χ0) is 29.0. The Morgan fingerprint density at radius 1 is 1.00 bits per heavy atom. The average molecular weight is 559 g/mol. The van der Waals surface area contributed by atoms with Crippen molar-refractivity contribution in [3.8, 4) is 0 Å². The fourth-order valence-corrected chi connectivity index (χ4v) is 10.3. The van der Waals surface area contributed by atoms with Crippen LogP contribution in [0.3, 0.4) is 0 Å². The molecular weight excluding hydrogens is 508 g/mol. The van der Waals surface area contributed by atoms with E-state index in [1.807, 2.05) is 18.2 Å². The zero-order valence-electron chi connectivity index (χ0n) is 26.0. The molecular formula is C37H50O4. The van der Waals surface area contributed by atoms with E-state index in [-0.39, 0.29) is 17.1 Å². The second-order valence-electron chi connectivity index (χ2n) is 15.2. The predicted molar refractivity (Wildman–Crippen MR) is 165 cm³/mol. The molecule has 3 fully saturated rings. The maximum absolute atomic E-state index is 13.1. The van der Waals surface area contributed by atoms with Crippen LogP contribution in [0.2, 0.25) is 0 Å². The van der Waals surface area contributed by atoms with E-state index in [1.54, 1.807) is 12.1 Å². The second kappa shape index (κ2) is 10.7. The number of rotatable bonds is 7. The van der Waals surface area contributed by atoms with E-state index in [9.17, 15) is 9.59 Å². The first-order valence-corrected chi connectivity index (χ1v) is 16.5. The summed E-state index contributed by atoms with van der Waals surface area (Å²) in [6.07, 6.45) is 17.3. The minimum Gasteiger partial charge on any atom is -0.458 e. The van der Waals surface area contributed by atoms with Gasteiger partial charge in [-0.2, -0.15) is 0 Å². The second-order valence-corrected chi connectivity index (χ2v) is 15.2. The van der Waals surface area contributed by atoms with E-state index in [0.717, 1.165) is 48.8 Å². The van der Waals surface area contributed by atoms with Gasteiger partial charge in [0.15, 0.2) is 0 Å². The van der Waals surface area contributed by atoms with Crippen LogP contribution in [0, 0.1) is 39.9 Å². The number of fused-ring (bicyclic) bond motifs is 6. The van der Waals surface area contributed by atoms with E-state index in [4.69, 9.17) is 9.15 Å². The predicted octanol–water partition coefficient (Wildman–Crippen LogP) is 9.50. The van der Waals surface area contributed by atoms with Crippen LogP contribution < -0.4 is 5.63 Å². The molecule has 3 saturated carbocycles. The molecule has 1 heterocycles. The topological polar surface area (TPSA) is 56.5 Å². The quantitative estimate of drug-likeness (QED) is 0.147. The van der Waals surface area contributed by atoms with Gasteiger partial charge in [-0.25, -0.2) is 9.59 Å². The van der Waals surface area contributed by atoms with Gasteiger partial charge in [-0.15, -0.1) is 0 Å². The fourth-order valence-electron chi connectivity index (χ4n) is 10.3. The number of benzene rings is 1. The molecule has 1 aromatic heterocycles. The molecule has 1 aromatic carbocycles. The van der Waals surface area contributed by atoms with Crippen LogP contribution in [0.25, 0.3) is 11.0 Å². The number of unbranched alkanes of at least 4 members (excludes halogenated alkanes) is 1. The molecule has 0 aliphatic heterocycles. The highest BCUT2D eigenvalue weighted by molar-refractivity contribution is 5.92. The van der Waals surface area contributed by atoms with Crippen molar-refractivity contribution in [1.82, 2.24) is 0 Å². The lowest BCUT2D eigenvalue weighted by Crippen LogP contribution is -2.56. The number of hydrogen-bond acceptors (Lipinski definition) is 4. The highest BCUT2D eigenvalue weighted by Crippen LogP contribution is 2.71. The summed E-state index contributed by atoms with van der Waals surface area (Å²) in [5, 5.41) is 0.735. The Hall–Kier alpha value is -2.36. The lowest BCUT2D eigenvalue weighted by Gasteiger charge is -2.63. The molecule has 0 bridgehead atoms. The molecule has 41 heavy (non-hydrogen) atoms. The monoisotopic (exact) mass is 558 g/mol. The first-order valence-electron chi connectivity index (χ1n) is 16.5. The normalized spacial score (nSPS) is 36.4. The molecule has 0 radical (unpaired) electrons. The van der Waals surface area contributed by atoms with Crippen molar-refractivity contribution in [2.24, 2.45) is 39.9 Å². The Morgan fingerprint density at radius 3 is 2.61 bits per heavy atom. The van der Waals surface area contributed by atoms with Gasteiger partial charge in [0.2, 0.25) is 0 Å². The van der Waals surface area contributed by atoms with Crippen molar-refractivity contribution in [3.05, 3.63) is 58.0 Å². The van der Waals surface area contributed by atoms with Crippen LogP contribution in [0.5, 0.6) is 0 Å². The molecule has 2 aromatic rings. The SMILES string of the molecule is CC(C)CCCC[C@H]1CC[C@H]2[C@]3(C)CC=C4C[C@@H](OC(=O)c5cc6ccccc6oc5=O)CC[C@]4(C)[C@H]3CC[C@]12C. The van der Waals surface area contributed by atoms with Crippen LogP contribution in [0.15, 0.2) is 51.2 Å². The third-order valence-corrected chi connectivity index (χ3v) is 12.5. The number of ether oxygens (including phenoxy) is 1. The van der Waals surface area contributed by atoms with Crippen molar-refractivity contribution in [1.29, 1.82) is 0 Å². The molecule has 4 aliphatic rings. The average Bonchev–Trinajstić information content (AvgIpc) is 3.28. The third-order valence-electron chi connectivity index (χ3n) is 12.5. The number of carbonyl (C=O) groups excluding carboxylic acids is 1. The molecule has 6 rings (SSSR count). The first kappa shape index (κ1) is 28.7. The highest BCUT2D eigenvalue weighted by Gasteiger charge is 2.63. The molecule has 0 unspecified atom stereocenters. The van der Waals surface area contributed by atoms with Gasteiger partial charge in [-0.3, -0.25) is 0 Å². The Morgan fingerprint density at radius 2 is 1.80 bits per heavy atom. The summed E-state index contributed by atoms with van der Waals surface area (Å²) < 4.78 is 11.4. The molecule has 222 valence electrons. The maximum atomic E-state index is 13.1. The lowest BCUT2D eigenvalue weighted by molar-refractivity contribution is -0.110. The fraction of sp³-hybridized carbons (Fsp3) is 0.676. The van der Waals surface area contributed by atoms with E-state index >= 15 is 0 Å². The van der Waals surface area contributed by atoms with Gasteiger partial charge in [0.05, 0.1) is 0 Å². The highest BCUT2D eigenvalue weighted by atomic mass is 16.5. The van der Waals surface area contributed by atoms with Gasteiger partial charge >= 0.3 is 11.6 Å². The molecule has 7 atom stereocenters. The van der Waals surface area contributed by atoms with Crippen LogP contribution in [-0.4, -0.2) is 12.1 Å². The molecule has 0 amide bonds. The van der Waals surface area contributed by atoms with E-state index in [0.29, 0.717) is 22.3 Å². The number of carbonyl (C=O) groups is 1. The van der Waals surface area contributed by atoms with Gasteiger partial charge in [0.1, 0.15) is 17.3 Å². The summed E-state index contributed by atoms with van der Waals surface area (Å²) in [6, 6.07) is 8.89. The minimum atomic E-state index is -0.623. The molecule has 4 nitrogen and oxygen atoms in total. The van der Waals surface area contributed by atoms with E-state index < -0.39 is 11.6 Å². The van der Waals surface area contributed by atoms with Crippen molar-refractivity contribution in [3.63, 3.8) is 0 Å². The van der Waals surface area contributed by atoms with Gasteiger partial charge in [0.25, 0.3) is 0 Å². The van der Waals surface area contributed by atoms with Gasteiger partial charge < -0.3 is 9.15 Å². The Kier molecular flexibility index (Phi) is 7.52. The summed E-state index contributed by atoms with van der Waals surface area (Å²) in [5.74, 6) is 2.65. The van der Waals surface area contributed by atoms with Crippen LogP contribution in [0.4, 0.5) is 0 Å². The van der Waals surface area contributed by atoms with Crippen molar-refractivity contribution < 1.29 is 13.9 Å². The number of hydrogen-bond donors (Lipinski definition) is 0. The van der Waals surface area contributed by atoms with Crippen LogP contribution >= 0.6 is 0 Å². The molecule has 4 heteroatoms. The summed E-state index contributed by atoms with van der Waals surface area (Å²) in [5.41, 5.74) is 2.36. The number of esters is 1. The molecule has 4 aliphatic carbocycles. The molecule has 0 spiro atoms.